The summed E-state index contributed by atoms with van der Waals surface area (Å²) >= 11 is 0. The van der Waals surface area contributed by atoms with Crippen LogP contribution in [-0.4, -0.2) is 30.0 Å². The van der Waals surface area contributed by atoms with Crippen molar-refractivity contribution in [2.75, 3.05) is 13.1 Å². The van der Waals surface area contributed by atoms with Crippen LogP contribution in [0, 0.1) is 19.8 Å². The van der Waals surface area contributed by atoms with E-state index < -0.39 is 6.10 Å². The van der Waals surface area contributed by atoms with Crippen LogP contribution >= 0.6 is 0 Å². The van der Waals surface area contributed by atoms with Crippen molar-refractivity contribution < 1.29 is 9.53 Å². The van der Waals surface area contributed by atoms with Gasteiger partial charge in [-0.1, -0.05) is 13.0 Å². The number of ether oxygens (including phenoxy) is 1. The summed E-state index contributed by atoms with van der Waals surface area (Å²) in [6.07, 6.45) is 1.79. The van der Waals surface area contributed by atoms with E-state index in [0.717, 1.165) is 37.6 Å². The zero-order chi connectivity index (χ0) is 14.7. The molecule has 0 aromatic heterocycles. The molecule has 1 saturated heterocycles. The first-order valence-electron chi connectivity index (χ1n) is 7.50. The van der Waals surface area contributed by atoms with E-state index in [1.165, 1.54) is 11.1 Å². The number of rotatable bonds is 3. The number of aryl methyl sites for hydroxylation is 2. The average Bonchev–Trinajstić information content (AvgIpc) is 2.43. The van der Waals surface area contributed by atoms with Crippen molar-refractivity contribution in [3.63, 3.8) is 0 Å². The highest BCUT2D eigenvalue weighted by Crippen LogP contribution is 2.20. The zero-order valence-electron chi connectivity index (χ0n) is 13.0. The number of carbonyl (C=O) groups excluding carboxylic acids is 1. The van der Waals surface area contributed by atoms with Crippen molar-refractivity contribution in [3.8, 4) is 5.75 Å². The second-order valence-electron chi connectivity index (χ2n) is 6.01. The van der Waals surface area contributed by atoms with Gasteiger partial charge in [0.2, 0.25) is 0 Å². The Bertz CT molecular complexity index is 476. The van der Waals surface area contributed by atoms with Gasteiger partial charge >= 0.3 is 0 Å². The van der Waals surface area contributed by atoms with E-state index in [-0.39, 0.29) is 5.91 Å². The topological polar surface area (TPSA) is 29.5 Å². The van der Waals surface area contributed by atoms with Crippen LogP contribution in [0.2, 0.25) is 0 Å². The Labute approximate surface area is 121 Å². The first-order valence-corrected chi connectivity index (χ1v) is 7.50. The minimum Gasteiger partial charge on any atom is -0.481 e. The Balaban J connectivity index is 1.95. The van der Waals surface area contributed by atoms with E-state index in [1.54, 1.807) is 0 Å². The number of piperidine rings is 1. The molecule has 1 fully saturated rings. The Morgan fingerprint density at radius 2 is 1.90 bits per heavy atom. The molecule has 1 amide bonds. The van der Waals surface area contributed by atoms with Gasteiger partial charge in [-0.25, -0.2) is 0 Å². The quantitative estimate of drug-likeness (QED) is 0.847. The van der Waals surface area contributed by atoms with Gasteiger partial charge in [-0.15, -0.1) is 0 Å². The molecule has 1 atom stereocenters. The molecular weight excluding hydrogens is 250 g/mol. The summed E-state index contributed by atoms with van der Waals surface area (Å²) < 4.78 is 5.80. The van der Waals surface area contributed by atoms with Gasteiger partial charge < -0.3 is 9.64 Å². The lowest BCUT2D eigenvalue weighted by molar-refractivity contribution is -0.139. The maximum absolute atomic E-state index is 12.4. The molecule has 3 nitrogen and oxygen atoms in total. The molecule has 110 valence electrons. The summed E-state index contributed by atoms with van der Waals surface area (Å²) in [6.45, 7) is 9.94. The molecule has 3 heteroatoms. The fraction of sp³-hybridized carbons (Fsp3) is 0.588. The van der Waals surface area contributed by atoms with E-state index in [1.807, 2.05) is 30.0 Å². The maximum Gasteiger partial charge on any atom is 0.263 e. The minimum absolute atomic E-state index is 0.107. The minimum atomic E-state index is -0.412. The van der Waals surface area contributed by atoms with Crippen molar-refractivity contribution in [3.05, 3.63) is 29.3 Å². The van der Waals surface area contributed by atoms with Crippen molar-refractivity contribution in [2.45, 2.75) is 46.6 Å². The molecule has 1 aliphatic rings. The molecule has 0 N–H and O–H groups in total. The summed E-state index contributed by atoms with van der Waals surface area (Å²) in [5, 5.41) is 0. The Morgan fingerprint density at radius 1 is 1.25 bits per heavy atom. The van der Waals surface area contributed by atoms with E-state index in [2.05, 4.69) is 20.8 Å². The number of benzene rings is 1. The second kappa shape index (κ2) is 6.29. The molecule has 0 aliphatic carbocycles. The van der Waals surface area contributed by atoms with Crippen LogP contribution in [0.15, 0.2) is 18.2 Å². The Kier molecular flexibility index (Phi) is 4.69. The van der Waals surface area contributed by atoms with Crippen molar-refractivity contribution in [2.24, 2.45) is 5.92 Å². The molecule has 2 rings (SSSR count). The second-order valence-corrected chi connectivity index (χ2v) is 6.01. The molecule has 0 spiro atoms. The third kappa shape index (κ3) is 3.53. The van der Waals surface area contributed by atoms with Crippen LogP contribution in [0.25, 0.3) is 0 Å². The average molecular weight is 275 g/mol. The lowest BCUT2D eigenvalue weighted by Crippen LogP contribution is -2.44. The monoisotopic (exact) mass is 275 g/mol. The highest BCUT2D eigenvalue weighted by molar-refractivity contribution is 5.81. The van der Waals surface area contributed by atoms with Gasteiger partial charge in [0.1, 0.15) is 5.75 Å². The number of likely N-dealkylation sites (tertiary alicyclic amines) is 1. The summed E-state index contributed by atoms with van der Waals surface area (Å²) in [6, 6.07) is 5.96. The largest absolute Gasteiger partial charge is 0.481 e. The lowest BCUT2D eigenvalue weighted by atomic mass is 9.99. The number of amides is 1. The van der Waals surface area contributed by atoms with Gasteiger partial charge in [-0.3, -0.25) is 4.79 Å². The Morgan fingerprint density at radius 3 is 2.50 bits per heavy atom. The van der Waals surface area contributed by atoms with Crippen LogP contribution in [0.5, 0.6) is 5.75 Å². The van der Waals surface area contributed by atoms with E-state index in [9.17, 15) is 4.79 Å². The predicted molar refractivity (Wildman–Crippen MR) is 81.0 cm³/mol. The molecule has 20 heavy (non-hydrogen) atoms. The number of carbonyl (C=O) groups is 1. The molecule has 0 bridgehead atoms. The Hall–Kier alpha value is -1.51. The van der Waals surface area contributed by atoms with Gasteiger partial charge in [0, 0.05) is 13.1 Å². The first kappa shape index (κ1) is 14.9. The smallest absolute Gasteiger partial charge is 0.263 e. The van der Waals surface area contributed by atoms with Gasteiger partial charge in [0.15, 0.2) is 6.10 Å². The van der Waals surface area contributed by atoms with Crippen molar-refractivity contribution >= 4 is 5.91 Å². The van der Waals surface area contributed by atoms with Crippen LogP contribution in [-0.2, 0) is 4.79 Å². The van der Waals surface area contributed by atoms with Gasteiger partial charge in [-0.2, -0.15) is 0 Å². The molecule has 1 aromatic rings. The zero-order valence-corrected chi connectivity index (χ0v) is 13.0. The molecule has 0 unspecified atom stereocenters. The first-order chi connectivity index (χ1) is 9.47. The third-order valence-corrected chi connectivity index (χ3v) is 4.23. The summed E-state index contributed by atoms with van der Waals surface area (Å²) in [5.41, 5.74) is 2.43. The van der Waals surface area contributed by atoms with Crippen LogP contribution in [0.3, 0.4) is 0 Å². The van der Waals surface area contributed by atoms with Gasteiger partial charge in [-0.05, 0) is 62.8 Å². The van der Waals surface area contributed by atoms with Gasteiger partial charge in [0.25, 0.3) is 5.91 Å². The van der Waals surface area contributed by atoms with Crippen LogP contribution in [0.1, 0.15) is 37.8 Å². The highest BCUT2D eigenvalue weighted by atomic mass is 16.5. The van der Waals surface area contributed by atoms with Gasteiger partial charge in [0.05, 0.1) is 0 Å². The predicted octanol–water partition coefficient (Wildman–Crippen LogP) is 3.33. The van der Waals surface area contributed by atoms with E-state index >= 15 is 0 Å². The summed E-state index contributed by atoms with van der Waals surface area (Å²) in [7, 11) is 0. The van der Waals surface area contributed by atoms with Crippen LogP contribution < -0.4 is 4.74 Å². The van der Waals surface area contributed by atoms with Crippen LogP contribution in [0.4, 0.5) is 0 Å². The molecule has 1 aromatic carbocycles. The molecule has 1 heterocycles. The number of hydrogen-bond donors (Lipinski definition) is 0. The lowest BCUT2D eigenvalue weighted by Gasteiger charge is -2.32. The van der Waals surface area contributed by atoms with E-state index in [0.29, 0.717) is 0 Å². The molecular formula is C17H25NO2. The summed E-state index contributed by atoms with van der Waals surface area (Å²) in [5.74, 6) is 1.62. The third-order valence-electron chi connectivity index (χ3n) is 4.23. The van der Waals surface area contributed by atoms with Crippen molar-refractivity contribution in [1.82, 2.24) is 4.90 Å². The number of hydrogen-bond acceptors (Lipinski definition) is 2. The normalized spacial score (nSPS) is 17.9. The van der Waals surface area contributed by atoms with Crippen molar-refractivity contribution in [1.29, 1.82) is 0 Å². The highest BCUT2D eigenvalue weighted by Gasteiger charge is 2.25. The molecule has 1 aliphatic heterocycles. The SMILES string of the molecule is Cc1ccc(O[C@H](C)C(=O)N2CCC(C)CC2)cc1C. The van der Waals surface area contributed by atoms with E-state index in [4.69, 9.17) is 4.74 Å². The molecule has 0 radical (unpaired) electrons. The number of nitrogens with zero attached hydrogens (tertiary/aromatic N) is 1. The maximum atomic E-state index is 12.4. The fourth-order valence-corrected chi connectivity index (χ4v) is 2.53. The summed E-state index contributed by atoms with van der Waals surface area (Å²) in [4.78, 5) is 14.3. The fourth-order valence-electron chi connectivity index (χ4n) is 2.53. The standard InChI is InChI=1S/C17H25NO2/c1-12-7-9-18(10-8-12)17(19)15(4)20-16-6-5-13(2)14(3)11-16/h5-6,11-12,15H,7-10H2,1-4H3/t15-/m1/s1. The molecule has 0 saturated carbocycles.